The highest BCUT2D eigenvalue weighted by atomic mass is 16.5. The number of rotatable bonds is 8. The van der Waals surface area contributed by atoms with Gasteiger partial charge in [-0.2, -0.15) is 0 Å². The summed E-state index contributed by atoms with van der Waals surface area (Å²) in [5.74, 6) is 0.850. The molecule has 2 heteroatoms. The maximum absolute atomic E-state index is 12.7. The smallest absolute Gasteiger partial charge is 0.338 e. The van der Waals surface area contributed by atoms with Crippen molar-refractivity contribution in [1.82, 2.24) is 0 Å². The third kappa shape index (κ3) is 5.23. The van der Waals surface area contributed by atoms with E-state index in [0.717, 1.165) is 29.5 Å². The number of carbonyl (C=O) groups is 1. The number of ether oxygens (including phenoxy) is 1. The zero-order chi connectivity index (χ0) is 17.6. The predicted octanol–water partition coefficient (Wildman–Crippen LogP) is 6.18. The molecule has 0 aliphatic carbocycles. The molecule has 0 unspecified atom stereocenters. The summed E-state index contributed by atoms with van der Waals surface area (Å²) in [6, 6.07) is 4.36. The van der Waals surface area contributed by atoms with Crippen LogP contribution in [0.4, 0.5) is 0 Å². The van der Waals surface area contributed by atoms with E-state index in [-0.39, 0.29) is 5.97 Å². The molecule has 0 spiro atoms. The average molecular weight is 316 g/mol. The first-order valence-electron chi connectivity index (χ1n) is 8.75. The van der Waals surface area contributed by atoms with Gasteiger partial charge in [-0.25, -0.2) is 4.79 Å². The summed E-state index contributed by atoms with van der Waals surface area (Å²) in [6.07, 6.45) is 3.55. The third-order valence-electron chi connectivity index (χ3n) is 4.12. The molecular formula is C21H32O2. The molecule has 0 bridgehead atoms. The van der Waals surface area contributed by atoms with Crippen molar-refractivity contribution in [2.24, 2.45) is 0 Å². The van der Waals surface area contributed by atoms with Crippen LogP contribution in [0.5, 0.6) is 0 Å². The summed E-state index contributed by atoms with van der Waals surface area (Å²) in [5.41, 5.74) is 4.28. The number of esters is 1. The lowest BCUT2D eigenvalue weighted by Crippen LogP contribution is -2.15. The van der Waals surface area contributed by atoms with Crippen LogP contribution >= 0.6 is 0 Å². The monoisotopic (exact) mass is 316 g/mol. The summed E-state index contributed by atoms with van der Waals surface area (Å²) >= 11 is 0. The molecule has 0 saturated carbocycles. The van der Waals surface area contributed by atoms with Crippen molar-refractivity contribution in [3.63, 3.8) is 0 Å². The lowest BCUT2D eigenvalue weighted by atomic mass is 9.84. The molecular weight excluding hydrogens is 284 g/mol. The van der Waals surface area contributed by atoms with E-state index in [1.54, 1.807) is 0 Å². The second-order valence-corrected chi connectivity index (χ2v) is 7.11. The van der Waals surface area contributed by atoms with E-state index in [2.05, 4.69) is 60.3 Å². The Kier molecular flexibility index (Phi) is 7.54. The molecule has 0 fully saturated rings. The number of hydrogen-bond acceptors (Lipinski definition) is 2. The Morgan fingerprint density at radius 2 is 1.57 bits per heavy atom. The van der Waals surface area contributed by atoms with Gasteiger partial charge < -0.3 is 4.74 Å². The molecule has 0 N–H and O–H groups in total. The van der Waals surface area contributed by atoms with Gasteiger partial charge in [-0.05, 0) is 47.3 Å². The van der Waals surface area contributed by atoms with E-state index in [9.17, 15) is 4.79 Å². The normalized spacial score (nSPS) is 11.3. The lowest BCUT2D eigenvalue weighted by Gasteiger charge is -2.21. The van der Waals surface area contributed by atoms with Crippen LogP contribution in [0.1, 0.15) is 99.2 Å². The lowest BCUT2D eigenvalue weighted by molar-refractivity contribution is 0.0498. The molecule has 1 aromatic carbocycles. The highest BCUT2D eigenvalue weighted by Gasteiger charge is 2.23. The minimum atomic E-state index is -0.184. The van der Waals surface area contributed by atoms with Crippen LogP contribution < -0.4 is 0 Å². The first-order chi connectivity index (χ1) is 10.8. The SMILES string of the molecule is C=CCCCOC(=O)c1c(C(C)C)cc(C(C)C)cc1C(C)C. The summed E-state index contributed by atoms with van der Waals surface area (Å²) in [5, 5.41) is 0. The minimum Gasteiger partial charge on any atom is -0.462 e. The van der Waals surface area contributed by atoms with Gasteiger partial charge in [-0.15, -0.1) is 6.58 Å². The molecule has 0 saturated heterocycles. The highest BCUT2D eigenvalue weighted by molar-refractivity contribution is 5.93. The Labute approximate surface area is 141 Å². The van der Waals surface area contributed by atoms with Crippen molar-refractivity contribution in [2.75, 3.05) is 6.61 Å². The van der Waals surface area contributed by atoms with Crippen molar-refractivity contribution < 1.29 is 9.53 Å². The maximum atomic E-state index is 12.7. The minimum absolute atomic E-state index is 0.184. The summed E-state index contributed by atoms with van der Waals surface area (Å²) in [6.45, 7) is 17.1. The molecule has 0 amide bonds. The number of unbranched alkanes of at least 4 members (excludes halogenated alkanes) is 1. The van der Waals surface area contributed by atoms with Crippen LogP contribution in [0.25, 0.3) is 0 Å². The molecule has 1 rings (SSSR count). The molecule has 0 aromatic heterocycles. The standard InChI is InChI=1S/C21H32O2/c1-8-9-10-11-23-21(22)20-18(15(4)5)12-17(14(2)3)13-19(20)16(6)7/h8,12-16H,1,9-11H2,2-7H3. The van der Waals surface area contributed by atoms with Gasteiger partial charge in [0.15, 0.2) is 0 Å². The van der Waals surface area contributed by atoms with Crippen LogP contribution in [0.2, 0.25) is 0 Å². The number of carbonyl (C=O) groups excluding carboxylic acids is 1. The molecule has 128 valence electrons. The molecule has 0 atom stereocenters. The number of allylic oxidation sites excluding steroid dienone is 1. The second kappa shape index (κ2) is 8.90. The van der Waals surface area contributed by atoms with Gasteiger partial charge in [-0.1, -0.05) is 59.8 Å². The van der Waals surface area contributed by atoms with Gasteiger partial charge in [0.1, 0.15) is 0 Å². The Morgan fingerprint density at radius 3 is 1.96 bits per heavy atom. The van der Waals surface area contributed by atoms with Gasteiger partial charge in [0, 0.05) is 0 Å². The predicted molar refractivity (Wildman–Crippen MR) is 98.4 cm³/mol. The largest absolute Gasteiger partial charge is 0.462 e. The third-order valence-corrected chi connectivity index (χ3v) is 4.12. The van der Waals surface area contributed by atoms with E-state index in [4.69, 9.17) is 4.74 Å². The van der Waals surface area contributed by atoms with Crippen molar-refractivity contribution >= 4 is 5.97 Å². The average Bonchev–Trinajstić information content (AvgIpc) is 2.49. The van der Waals surface area contributed by atoms with Gasteiger partial charge in [-0.3, -0.25) is 0 Å². The van der Waals surface area contributed by atoms with Crippen molar-refractivity contribution in [2.45, 2.75) is 72.1 Å². The van der Waals surface area contributed by atoms with Gasteiger partial charge in [0.05, 0.1) is 12.2 Å². The first-order valence-corrected chi connectivity index (χ1v) is 8.75. The molecule has 0 aliphatic rings. The number of benzene rings is 1. The molecule has 23 heavy (non-hydrogen) atoms. The van der Waals surface area contributed by atoms with E-state index in [1.165, 1.54) is 5.56 Å². The second-order valence-electron chi connectivity index (χ2n) is 7.11. The van der Waals surface area contributed by atoms with Gasteiger partial charge in [0.2, 0.25) is 0 Å². The topological polar surface area (TPSA) is 26.3 Å². The molecule has 1 aromatic rings. The van der Waals surface area contributed by atoms with Crippen LogP contribution in [-0.2, 0) is 4.74 Å². The quantitative estimate of drug-likeness (QED) is 0.325. The van der Waals surface area contributed by atoms with Crippen molar-refractivity contribution in [3.8, 4) is 0 Å². The van der Waals surface area contributed by atoms with E-state index < -0.39 is 0 Å². The summed E-state index contributed by atoms with van der Waals surface area (Å²) < 4.78 is 5.53. The van der Waals surface area contributed by atoms with E-state index in [1.807, 2.05) is 6.08 Å². The first kappa shape index (κ1) is 19.5. The van der Waals surface area contributed by atoms with E-state index >= 15 is 0 Å². The fraction of sp³-hybridized carbons (Fsp3) is 0.571. The van der Waals surface area contributed by atoms with Crippen LogP contribution in [0.3, 0.4) is 0 Å². The molecule has 0 aliphatic heterocycles. The zero-order valence-electron chi connectivity index (χ0n) is 15.6. The Morgan fingerprint density at radius 1 is 1.04 bits per heavy atom. The van der Waals surface area contributed by atoms with Crippen LogP contribution in [-0.4, -0.2) is 12.6 Å². The summed E-state index contributed by atoms with van der Waals surface area (Å²) in [4.78, 5) is 12.7. The van der Waals surface area contributed by atoms with Crippen molar-refractivity contribution in [1.29, 1.82) is 0 Å². The van der Waals surface area contributed by atoms with Gasteiger partial charge >= 0.3 is 5.97 Å². The Bertz CT molecular complexity index is 510. The number of hydrogen-bond donors (Lipinski definition) is 0. The van der Waals surface area contributed by atoms with Gasteiger partial charge in [0.25, 0.3) is 0 Å². The Balaban J connectivity index is 3.25. The maximum Gasteiger partial charge on any atom is 0.338 e. The fourth-order valence-corrected chi connectivity index (χ4v) is 2.66. The van der Waals surface area contributed by atoms with Crippen LogP contribution in [0.15, 0.2) is 24.8 Å². The van der Waals surface area contributed by atoms with Crippen molar-refractivity contribution in [3.05, 3.63) is 47.0 Å². The summed E-state index contributed by atoms with van der Waals surface area (Å²) in [7, 11) is 0. The molecule has 0 radical (unpaired) electrons. The molecule has 0 heterocycles. The fourth-order valence-electron chi connectivity index (χ4n) is 2.66. The molecule has 2 nitrogen and oxygen atoms in total. The van der Waals surface area contributed by atoms with Crippen LogP contribution in [0, 0.1) is 0 Å². The Hall–Kier alpha value is -1.57. The zero-order valence-corrected chi connectivity index (χ0v) is 15.6. The van der Waals surface area contributed by atoms with E-state index in [0.29, 0.717) is 24.4 Å². The highest BCUT2D eigenvalue weighted by Crippen LogP contribution is 2.32.